The first-order chi connectivity index (χ1) is 60.7. The summed E-state index contributed by atoms with van der Waals surface area (Å²) in [5, 5.41) is 82.7. The number of fused-ring (bicyclic) bond motifs is 6. The van der Waals surface area contributed by atoms with Crippen molar-refractivity contribution in [2.45, 2.75) is 148 Å². The fraction of sp³-hybridized carbons (Fsp3) is 0.488. The first-order valence-electron chi connectivity index (χ1n) is 41.1. The van der Waals surface area contributed by atoms with Gasteiger partial charge in [0.1, 0.15) is 91.0 Å². The van der Waals surface area contributed by atoms with Gasteiger partial charge in [0.05, 0.1) is 73.3 Å². The molecule has 0 unspecified atom stereocenters. The Morgan fingerprint density at radius 2 is 0.917 bits per heavy atom. The minimum atomic E-state index is -4.23. The average Bonchev–Trinajstić information content (AvgIpc) is 0.930. The molecule has 9 aliphatic rings. The second kappa shape index (κ2) is 49.6. The molecule has 48 heteroatoms. The second-order valence-electron chi connectivity index (χ2n) is 33.0. The molecule has 0 spiro atoms. The maximum Gasteiger partial charge on any atom is 0.416 e. The minimum Gasteiger partial charge on any atom is -0.594 e. The molecule has 12 heterocycles. The zero-order chi connectivity index (χ0) is 92.7. The zero-order valence-corrected chi connectivity index (χ0v) is 80.9. The number of hydrogen-bond acceptors (Lipinski definition) is 30. The monoisotopic (exact) mass is 2140 g/mol. The highest BCUT2D eigenvalue weighted by atomic mass is 79.9. The number of anilines is 2. The van der Waals surface area contributed by atoms with Crippen LogP contribution < -0.4 is 26.6 Å². The number of nitrogens with zero attached hydrogens (tertiary/aromatic N) is 17. The minimum absolute atomic E-state index is 0. The molecule has 3 aromatic carbocycles. The summed E-state index contributed by atoms with van der Waals surface area (Å²) in [5.74, 6) is -2.66. The highest BCUT2D eigenvalue weighted by Gasteiger charge is 2.50. The number of quaternary nitrogens is 1. The van der Waals surface area contributed by atoms with E-state index >= 15 is 0 Å². The van der Waals surface area contributed by atoms with Gasteiger partial charge in [-0.05, 0) is 111 Å². The number of hydrogen-bond donors (Lipinski definition) is 9. The second-order valence-corrected chi connectivity index (χ2v) is 39.2. The summed E-state index contributed by atoms with van der Waals surface area (Å²) in [6, 6.07) is 26.3. The number of ketones is 3. The van der Waals surface area contributed by atoms with Crippen LogP contribution in [-0.4, -0.2) is 303 Å². The van der Waals surface area contributed by atoms with E-state index in [4.69, 9.17) is 37.4 Å². The lowest BCUT2D eigenvalue weighted by atomic mass is 10.1. The van der Waals surface area contributed by atoms with E-state index in [1.807, 2.05) is 93.6 Å². The van der Waals surface area contributed by atoms with Gasteiger partial charge in [0.25, 0.3) is 0 Å². The van der Waals surface area contributed by atoms with E-state index in [1.165, 1.54) is 76.8 Å². The van der Waals surface area contributed by atoms with Gasteiger partial charge < -0.3 is 51.7 Å². The normalized spacial score (nSPS) is 24.4. The molecule has 3 saturated carbocycles. The summed E-state index contributed by atoms with van der Waals surface area (Å²) in [7, 11) is -8.10. The molecule has 12 atom stereocenters. The highest BCUT2D eigenvalue weighted by Crippen LogP contribution is 2.36. The number of aryl methyl sites for hydroxylation is 3. The van der Waals surface area contributed by atoms with Crippen LogP contribution in [0, 0.1) is 38.5 Å². The largest absolute Gasteiger partial charge is 0.594 e. The molecule has 4 bridgehead atoms. The van der Waals surface area contributed by atoms with Crippen LogP contribution in [0.2, 0.25) is 5.15 Å². The van der Waals surface area contributed by atoms with Gasteiger partial charge in [0.15, 0.2) is 6.08 Å². The van der Waals surface area contributed by atoms with Gasteiger partial charge in [-0.15, -0.1) is 33.2 Å². The first-order valence-corrected chi connectivity index (χ1v) is 46.8. The highest BCUT2D eigenvalue weighted by molar-refractivity contribution is 9.11. The molecular formula is C84H111Br3Cl3F4N21O15S2. The average molecular weight is 2140 g/mol. The lowest BCUT2D eigenvalue weighted by Crippen LogP contribution is -2.68. The molecule has 0 radical (unpaired) electrons. The SMILES string of the molecule is C.C1CN2CCN1CC2.CC(C)(C)OC([O-])=NS(=O)(=O)[N+]12CCN(CC1)CC2.Cc1cc(C(=O)c2cncnc2Cl)nn1Cc1cccc(Br)c1.Cc1cc(C(=O)c2cncnc2N[C@@H]2C[C@H](CO)[C@@H](O)[C@@H]2F)nn1Cc1cccc(Br)c1.Cc1cc(C(=O)c2cncnc2N[C@@H]2C[C@H](COS(N)(=O)=O)[C@@H](O)[C@@H]2F)nn1Cc1cccc(Br)c1.Cl.Cl.F.N[C@@H]1C[C@H](CO)[C@@H](O)[C@@H]1F. The number of alkyl halides is 3. The van der Waals surface area contributed by atoms with Crippen molar-refractivity contribution < 1.29 is 92.5 Å². The van der Waals surface area contributed by atoms with Gasteiger partial charge in [0.2, 0.25) is 17.3 Å². The molecule has 6 saturated heterocycles. The van der Waals surface area contributed by atoms with Crippen LogP contribution in [0.1, 0.15) is 129 Å². The Kier molecular flexibility index (Phi) is 41.6. The first kappa shape index (κ1) is 111. The lowest BCUT2D eigenvalue weighted by molar-refractivity contribution is -0.823. The Labute approximate surface area is 805 Å². The van der Waals surface area contributed by atoms with Gasteiger partial charge in [0, 0.05) is 151 Å². The van der Waals surface area contributed by atoms with Crippen LogP contribution in [0.4, 0.5) is 29.5 Å². The van der Waals surface area contributed by atoms with Gasteiger partial charge in [-0.3, -0.25) is 52.0 Å². The van der Waals surface area contributed by atoms with Crippen molar-refractivity contribution in [3.05, 3.63) is 215 Å². The van der Waals surface area contributed by atoms with E-state index in [9.17, 15) is 64.8 Å². The van der Waals surface area contributed by atoms with Gasteiger partial charge in [-0.2, -0.15) is 27.6 Å². The number of nitrogens with two attached hydrogens (primary N) is 2. The Bertz CT molecular complexity index is 5560. The van der Waals surface area contributed by atoms with Crippen LogP contribution in [0.3, 0.4) is 0 Å². The van der Waals surface area contributed by atoms with Crippen molar-refractivity contribution in [2.24, 2.45) is 33.0 Å². The smallest absolute Gasteiger partial charge is 0.416 e. The number of benzene rings is 3. The Hall–Kier alpha value is -8.14. The van der Waals surface area contributed by atoms with E-state index in [0.717, 1.165) is 66.8 Å². The Morgan fingerprint density at radius 3 is 1.25 bits per heavy atom. The van der Waals surface area contributed by atoms with E-state index < -0.39 is 117 Å². The third kappa shape index (κ3) is 29.7. The Balaban J connectivity index is 0.000000227. The molecule has 6 aromatic heterocycles. The standard InChI is InChI=1S/C22H24BrFN6O5S.C22H23BrFN5O3.C16H12BrClN4O.C11H21N3O4S.C6H12FNO2.C6H12N2.CH4.2ClH.FH/c1-12-5-18(29-30(12)9-13-3-2-4-15(23)6-13)21(32)16-8-26-11-27-22(16)28-17-7-14(20(31)19(17)24)10-35-36(25,33)34;1-12-5-18(28-29(12)9-13-3-2-4-15(23)6-13)21(32)16-8-25-11-26-22(16)27-17-7-14(10-30)20(31)19(17)24;1-10-5-14(15(23)13-7-19-9-20-16(13)18)21-22(10)8-11-3-2-4-12(17)6-11;1-11(2,3)18-10(15)12-19(16,17)14-7-4-13(5-8-14)6-9-14;7-5-4(8)1-3(2-9)6(5)10;1-2-8-5-3-7(1)4-6-8;;;;/h2-6,8,11,14,17,19-20,31H,7,9-10H2,1H3,(H2,25,33,34)(H,26,27,28);2-6,8,11,14,17,19-20,30-31H,7,9-10H2,1H3,(H,25,26,27);2-7,9H,8H2,1H3;4-9H2,1-3H3;3-6,9-10H,1-2,8H2;1-6H2;1H4;3*1H/t2*14-,17-,19-,20-;;;3-,4-,5-,6-;;;;;/m11..1...../s1. The van der Waals surface area contributed by atoms with Gasteiger partial charge in [-0.25, -0.2) is 48.2 Å². The molecule has 36 nitrogen and oxygen atoms in total. The lowest BCUT2D eigenvalue weighted by Gasteiger charge is -2.47. The molecule has 6 aliphatic heterocycles. The number of ether oxygens (including phenoxy) is 1. The summed E-state index contributed by atoms with van der Waals surface area (Å²) >= 11 is 16.3. The van der Waals surface area contributed by atoms with Crippen LogP contribution in [0.25, 0.3) is 0 Å². The third-order valence-corrected chi connectivity index (χ3v) is 26.9. The summed E-state index contributed by atoms with van der Waals surface area (Å²) in [4.78, 5) is 70.0. The van der Waals surface area contributed by atoms with E-state index in [1.54, 1.807) is 53.0 Å². The maximum absolute atomic E-state index is 14.8. The molecule has 11 N–H and O–H groups in total. The maximum atomic E-state index is 14.8. The molecule has 18 rings (SSSR count). The number of rotatable bonds is 23. The van der Waals surface area contributed by atoms with Crippen LogP contribution in [-0.2, 0) is 49.1 Å². The number of carbonyl (C=O) groups is 3. The zero-order valence-electron chi connectivity index (χ0n) is 72.2. The number of nitrogens with one attached hydrogen (secondary N) is 2. The summed E-state index contributed by atoms with van der Waals surface area (Å²) in [6.45, 7) is 22.8. The van der Waals surface area contributed by atoms with Crippen molar-refractivity contribution >= 4 is 140 Å². The number of aliphatic hydroxyl groups excluding tert-OH is 5. The summed E-state index contributed by atoms with van der Waals surface area (Å²) in [5.41, 5.74) is 11.4. The number of aliphatic hydroxyl groups is 5. The number of aromatic nitrogens is 12. The predicted molar refractivity (Wildman–Crippen MR) is 500 cm³/mol. The summed E-state index contributed by atoms with van der Waals surface area (Å²) < 4.78 is 110. The van der Waals surface area contributed by atoms with Crippen molar-refractivity contribution in [3.63, 3.8) is 0 Å². The molecule has 9 fully saturated rings. The molecule has 132 heavy (non-hydrogen) atoms. The molecule has 0 amide bonds. The molecule has 9 aromatic rings. The van der Waals surface area contributed by atoms with Crippen molar-refractivity contribution in [3.8, 4) is 0 Å². The molecular weight excluding hydrogens is 2030 g/mol. The Morgan fingerprint density at radius 1 is 0.568 bits per heavy atom. The van der Waals surface area contributed by atoms with Gasteiger partial charge in [-0.1, -0.05) is 128 Å². The topological polar surface area (TPSA) is 491 Å². The quantitative estimate of drug-likeness (QED) is 0.00768. The molecule has 724 valence electrons. The van der Waals surface area contributed by atoms with Crippen molar-refractivity contribution in [2.75, 3.05) is 109 Å². The fourth-order valence-corrected chi connectivity index (χ4v) is 18.7. The molecule has 3 aliphatic carbocycles. The van der Waals surface area contributed by atoms with Crippen LogP contribution in [0.5, 0.6) is 0 Å². The predicted octanol–water partition coefficient (Wildman–Crippen LogP) is 7.12. The van der Waals surface area contributed by atoms with E-state index in [2.05, 4.69) is 127 Å². The number of halogens is 10. The van der Waals surface area contributed by atoms with Crippen molar-refractivity contribution in [1.82, 2.24) is 73.9 Å². The van der Waals surface area contributed by atoms with E-state index in [0.29, 0.717) is 51.4 Å². The fourth-order valence-electron chi connectivity index (χ4n) is 15.5. The van der Waals surface area contributed by atoms with E-state index in [-0.39, 0.29) is 123 Å². The van der Waals surface area contributed by atoms with Crippen LogP contribution in [0.15, 0.2) is 146 Å². The third-order valence-electron chi connectivity index (χ3n) is 22.7. The number of piperazine rings is 6. The van der Waals surface area contributed by atoms with Crippen molar-refractivity contribution in [1.29, 1.82) is 0 Å². The number of carbonyl (C=O) groups excluding carboxylic acids is 3. The summed E-state index contributed by atoms with van der Waals surface area (Å²) in [6.07, 6.45) is -1.10. The van der Waals surface area contributed by atoms with Gasteiger partial charge >= 0.3 is 20.5 Å². The van der Waals surface area contributed by atoms with Crippen LogP contribution >= 0.6 is 84.2 Å².